The van der Waals surface area contributed by atoms with Gasteiger partial charge in [-0.05, 0) is 66.2 Å². The van der Waals surface area contributed by atoms with Crippen molar-refractivity contribution >= 4 is 45.6 Å². The average molecular weight is 642 g/mol. The van der Waals surface area contributed by atoms with Gasteiger partial charge in [0.1, 0.15) is 0 Å². The van der Waals surface area contributed by atoms with Crippen molar-refractivity contribution in [2.45, 2.75) is 48.9 Å². The standard InChI is InChI=1S/C34H31N3O6S2/c1-32(20-35)19-34(45-28(39)17-23-12-8-5-9-13-23)31(41)36(3)33(2,44-27(38)16-22-10-6-4-7-11-22)30(40)37(34)29(32)24-14-15-25-26(18-24)43-21-42-25/h4-15,18,29H,16-17,19,21H2,1-3H3/t29?,32-,33+,34-/m1/s1. The molecule has 0 radical (unpaired) electrons. The number of fused-ring (bicyclic) bond motifs is 2. The number of hydrogen-bond donors (Lipinski definition) is 0. The number of amides is 2. The highest BCUT2D eigenvalue weighted by Gasteiger charge is 2.71. The van der Waals surface area contributed by atoms with Gasteiger partial charge in [-0.3, -0.25) is 19.2 Å². The highest BCUT2D eigenvalue weighted by Crippen LogP contribution is 2.62. The summed E-state index contributed by atoms with van der Waals surface area (Å²) in [5, 5.41) is 10.0. The van der Waals surface area contributed by atoms with Gasteiger partial charge in [0.05, 0.1) is 17.5 Å². The van der Waals surface area contributed by atoms with Gasteiger partial charge in [0.15, 0.2) is 31.5 Å². The van der Waals surface area contributed by atoms with Crippen molar-refractivity contribution in [1.82, 2.24) is 9.80 Å². The lowest BCUT2D eigenvalue weighted by Gasteiger charge is -2.52. The van der Waals surface area contributed by atoms with Crippen molar-refractivity contribution in [3.8, 4) is 17.6 Å². The molecule has 11 heteroatoms. The number of hydrogen-bond acceptors (Lipinski definition) is 9. The van der Waals surface area contributed by atoms with Gasteiger partial charge in [-0.15, -0.1) is 0 Å². The first-order valence-electron chi connectivity index (χ1n) is 14.5. The van der Waals surface area contributed by atoms with Crippen molar-refractivity contribution < 1.29 is 28.7 Å². The minimum absolute atomic E-state index is 0.0336. The number of likely N-dealkylation sites (N-methyl/N-ethyl adjacent to an activating group) is 1. The SMILES string of the molecule is CN1C(=O)[C@]2(SC(=O)Cc3ccccc3)C[C@](C)(C#N)C(c3ccc4c(c3)OCO4)N2C(=O)[C@]1(C)SC(=O)Cc1ccccc1. The summed E-state index contributed by atoms with van der Waals surface area (Å²) in [6, 6.07) is 25.0. The van der Waals surface area contributed by atoms with Crippen molar-refractivity contribution in [2.75, 3.05) is 13.8 Å². The van der Waals surface area contributed by atoms with E-state index in [-0.39, 0.29) is 36.3 Å². The Morgan fingerprint density at radius 2 is 1.44 bits per heavy atom. The fourth-order valence-corrected chi connectivity index (χ4v) is 8.99. The van der Waals surface area contributed by atoms with Crippen molar-refractivity contribution in [1.29, 1.82) is 5.26 Å². The third-order valence-electron chi connectivity index (χ3n) is 8.70. The van der Waals surface area contributed by atoms with Gasteiger partial charge in [0.25, 0.3) is 11.8 Å². The van der Waals surface area contributed by atoms with Gasteiger partial charge >= 0.3 is 0 Å². The molecule has 3 aromatic carbocycles. The number of carbonyl (C=O) groups excluding carboxylic acids is 4. The maximum atomic E-state index is 14.9. The zero-order valence-electron chi connectivity index (χ0n) is 25.0. The molecule has 2 saturated heterocycles. The highest BCUT2D eigenvalue weighted by molar-refractivity contribution is 8.16. The normalized spacial score (nSPS) is 26.8. The Morgan fingerprint density at radius 3 is 2.04 bits per heavy atom. The Hall–Kier alpha value is -4.27. The molecule has 0 N–H and O–H groups in total. The summed E-state index contributed by atoms with van der Waals surface area (Å²) in [6.45, 7) is 3.30. The molecule has 1 unspecified atom stereocenters. The van der Waals surface area contributed by atoms with Gasteiger partial charge in [0.2, 0.25) is 6.79 Å². The summed E-state index contributed by atoms with van der Waals surface area (Å²) in [5.41, 5.74) is 0.837. The lowest BCUT2D eigenvalue weighted by atomic mass is 9.79. The van der Waals surface area contributed by atoms with E-state index in [2.05, 4.69) is 6.07 Å². The predicted molar refractivity (Wildman–Crippen MR) is 170 cm³/mol. The maximum absolute atomic E-state index is 14.9. The number of carbonyl (C=O) groups is 4. The van der Waals surface area contributed by atoms with Crippen LogP contribution in [-0.2, 0) is 32.0 Å². The molecule has 0 spiro atoms. The molecule has 3 heterocycles. The van der Waals surface area contributed by atoms with E-state index in [1.165, 1.54) is 16.8 Å². The van der Waals surface area contributed by atoms with Crippen molar-refractivity contribution in [2.24, 2.45) is 5.41 Å². The fraction of sp³-hybridized carbons (Fsp3) is 0.324. The number of ether oxygens (including phenoxy) is 2. The molecule has 0 aromatic heterocycles. The van der Waals surface area contributed by atoms with Crippen LogP contribution in [0.15, 0.2) is 78.9 Å². The fourth-order valence-electron chi connectivity index (χ4n) is 6.40. The first kappa shape index (κ1) is 30.7. The van der Waals surface area contributed by atoms with E-state index in [1.54, 1.807) is 32.0 Å². The molecule has 3 aliphatic rings. The summed E-state index contributed by atoms with van der Waals surface area (Å²) in [5.74, 6) is -0.0543. The lowest BCUT2D eigenvalue weighted by Crippen LogP contribution is -2.71. The monoisotopic (exact) mass is 641 g/mol. The van der Waals surface area contributed by atoms with Gasteiger partial charge in [-0.1, -0.05) is 66.7 Å². The largest absolute Gasteiger partial charge is 0.454 e. The zero-order valence-corrected chi connectivity index (χ0v) is 26.7. The Morgan fingerprint density at radius 1 is 0.867 bits per heavy atom. The summed E-state index contributed by atoms with van der Waals surface area (Å²) in [4.78, 5) is 56.0. The number of benzene rings is 3. The minimum Gasteiger partial charge on any atom is -0.454 e. The molecule has 6 rings (SSSR count). The molecule has 9 nitrogen and oxygen atoms in total. The van der Waals surface area contributed by atoms with Gasteiger partial charge in [0, 0.05) is 26.3 Å². The number of rotatable bonds is 7. The van der Waals surface area contributed by atoms with Crippen molar-refractivity contribution in [3.05, 3.63) is 95.6 Å². The smallest absolute Gasteiger partial charge is 0.261 e. The van der Waals surface area contributed by atoms with Crippen LogP contribution >= 0.6 is 23.5 Å². The molecule has 3 aliphatic heterocycles. The molecule has 0 saturated carbocycles. The van der Waals surface area contributed by atoms with Gasteiger partial charge in [-0.25, -0.2) is 0 Å². The Labute approximate surface area is 269 Å². The predicted octanol–water partition coefficient (Wildman–Crippen LogP) is 5.11. The summed E-state index contributed by atoms with van der Waals surface area (Å²) >= 11 is 1.57. The number of thioether (sulfide) groups is 2. The molecule has 0 bridgehead atoms. The topological polar surface area (TPSA) is 117 Å². The van der Waals surface area contributed by atoms with E-state index in [0.29, 0.717) is 17.1 Å². The lowest BCUT2D eigenvalue weighted by molar-refractivity contribution is -0.163. The van der Waals surface area contributed by atoms with Crippen molar-refractivity contribution in [3.63, 3.8) is 0 Å². The van der Waals surface area contributed by atoms with Crippen LogP contribution < -0.4 is 9.47 Å². The van der Waals surface area contributed by atoms with E-state index >= 15 is 0 Å². The average Bonchev–Trinajstić information content (AvgIpc) is 3.60. The molecule has 2 fully saturated rings. The third-order valence-corrected chi connectivity index (χ3v) is 11.1. The third kappa shape index (κ3) is 5.26. The second-order valence-corrected chi connectivity index (χ2v) is 14.6. The van der Waals surface area contributed by atoms with Crippen LogP contribution in [0.2, 0.25) is 0 Å². The van der Waals surface area contributed by atoms with Crippen LogP contribution in [0.4, 0.5) is 0 Å². The molecule has 45 heavy (non-hydrogen) atoms. The van der Waals surface area contributed by atoms with Crippen LogP contribution in [0, 0.1) is 16.7 Å². The minimum atomic E-state index is -1.72. The van der Waals surface area contributed by atoms with Crippen LogP contribution in [-0.4, -0.2) is 55.4 Å². The second kappa shape index (κ2) is 11.6. The molecular formula is C34H31N3O6S2. The number of nitrogens with zero attached hydrogens (tertiary/aromatic N) is 3. The van der Waals surface area contributed by atoms with E-state index < -0.39 is 33.0 Å². The molecule has 2 amide bonds. The van der Waals surface area contributed by atoms with E-state index in [0.717, 1.165) is 34.7 Å². The van der Waals surface area contributed by atoms with Gasteiger partial charge < -0.3 is 19.3 Å². The molecule has 3 aromatic rings. The van der Waals surface area contributed by atoms with Crippen LogP contribution in [0.5, 0.6) is 11.5 Å². The van der Waals surface area contributed by atoms with Crippen LogP contribution in [0.3, 0.4) is 0 Å². The van der Waals surface area contributed by atoms with Crippen LogP contribution in [0.1, 0.15) is 43.0 Å². The van der Waals surface area contributed by atoms with Crippen LogP contribution in [0.25, 0.3) is 0 Å². The molecule has 4 atom stereocenters. The molecule has 0 aliphatic carbocycles. The zero-order chi connectivity index (χ0) is 32.0. The van der Waals surface area contributed by atoms with Gasteiger partial charge in [-0.2, -0.15) is 5.26 Å². The Balaban J connectivity index is 1.44. The highest BCUT2D eigenvalue weighted by atomic mass is 32.2. The first-order valence-corrected chi connectivity index (χ1v) is 16.1. The summed E-state index contributed by atoms with van der Waals surface area (Å²) < 4.78 is 11.1. The number of nitriles is 1. The van der Waals surface area contributed by atoms with E-state index in [9.17, 15) is 24.4 Å². The quantitative estimate of drug-likeness (QED) is 0.347. The Bertz CT molecular complexity index is 1730. The summed E-state index contributed by atoms with van der Waals surface area (Å²) in [6.07, 6.45) is 0.00755. The maximum Gasteiger partial charge on any atom is 0.261 e. The second-order valence-electron chi connectivity index (χ2n) is 11.8. The van der Waals surface area contributed by atoms with E-state index in [4.69, 9.17) is 9.47 Å². The van der Waals surface area contributed by atoms with E-state index in [1.807, 2.05) is 60.7 Å². The Kier molecular flexibility index (Phi) is 7.91. The number of piperazine rings is 1. The summed E-state index contributed by atoms with van der Waals surface area (Å²) in [7, 11) is 1.49. The molecular weight excluding hydrogens is 611 g/mol. The molecule has 230 valence electrons. The first-order chi connectivity index (χ1) is 21.5.